The molecule has 0 unspecified atom stereocenters. The monoisotopic (exact) mass is 364 g/mol. The summed E-state index contributed by atoms with van der Waals surface area (Å²) in [5, 5.41) is 0. The van der Waals surface area contributed by atoms with Gasteiger partial charge in [-0.15, -0.1) is 22.7 Å². The van der Waals surface area contributed by atoms with Crippen molar-refractivity contribution in [2.45, 2.75) is 32.6 Å². The second-order valence-corrected chi connectivity index (χ2v) is 8.18. The molecule has 0 radical (unpaired) electrons. The van der Waals surface area contributed by atoms with Crippen LogP contribution in [-0.4, -0.2) is 0 Å². The molecule has 0 N–H and O–H groups in total. The van der Waals surface area contributed by atoms with Crippen molar-refractivity contribution in [3.63, 3.8) is 0 Å². The van der Waals surface area contributed by atoms with Crippen LogP contribution in [0.25, 0.3) is 19.8 Å². The van der Waals surface area contributed by atoms with E-state index in [1.54, 1.807) is 4.88 Å². The zero-order chi connectivity index (χ0) is 13.9. The topological polar surface area (TPSA) is 0 Å². The Kier molecular flexibility index (Phi) is 4.59. The molecule has 2 aromatic heterocycles. The number of thiophene rings is 2. The van der Waals surface area contributed by atoms with Crippen LogP contribution >= 0.6 is 38.6 Å². The van der Waals surface area contributed by atoms with Crippen molar-refractivity contribution >= 4 is 48.0 Å². The highest BCUT2D eigenvalue weighted by atomic mass is 79.9. The van der Waals surface area contributed by atoms with E-state index >= 15 is 0 Å². The van der Waals surface area contributed by atoms with E-state index in [4.69, 9.17) is 0 Å². The van der Waals surface area contributed by atoms with Crippen molar-refractivity contribution in [2.75, 3.05) is 0 Å². The van der Waals surface area contributed by atoms with Gasteiger partial charge in [0.1, 0.15) is 0 Å². The lowest BCUT2D eigenvalue weighted by Gasteiger charge is -1.97. The molecule has 0 saturated carbocycles. The summed E-state index contributed by atoms with van der Waals surface area (Å²) in [4.78, 5) is 2.92. The molecule has 0 spiro atoms. The third kappa shape index (κ3) is 3.16. The van der Waals surface area contributed by atoms with Crippen LogP contribution in [0.1, 0.15) is 31.1 Å². The lowest BCUT2D eigenvalue weighted by atomic mass is 10.2. The van der Waals surface area contributed by atoms with Crippen LogP contribution in [-0.2, 0) is 6.42 Å². The summed E-state index contributed by atoms with van der Waals surface area (Å²) in [6.07, 6.45) is 5.21. The van der Waals surface area contributed by atoms with Gasteiger partial charge in [0, 0.05) is 23.6 Å². The molecule has 3 heteroatoms. The van der Waals surface area contributed by atoms with E-state index in [0.717, 1.165) is 4.47 Å². The van der Waals surface area contributed by atoms with Gasteiger partial charge < -0.3 is 0 Å². The molecule has 0 bridgehead atoms. The first-order valence-electron chi connectivity index (χ1n) is 7.04. The minimum atomic E-state index is 1.14. The van der Waals surface area contributed by atoms with Crippen LogP contribution < -0.4 is 0 Å². The highest BCUT2D eigenvalue weighted by Crippen LogP contribution is 2.38. The Morgan fingerprint density at radius 1 is 0.950 bits per heavy atom. The number of hydrogen-bond acceptors (Lipinski definition) is 2. The van der Waals surface area contributed by atoms with Crippen LogP contribution in [0.5, 0.6) is 0 Å². The molecule has 2 heterocycles. The fourth-order valence-electron chi connectivity index (χ4n) is 2.31. The van der Waals surface area contributed by atoms with Crippen molar-refractivity contribution < 1.29 is 0 Å². The van der Waals surface area contributed by atoms with E-state index in [-0.39, 0.29) is 0 Å². The average molecular weight is 365 g/mol. The van der Waals surface area contributed by atoms with E-state index in [9.17, 15) is 0 Å². The average Bonchev–Trinajstić information content (AvgIpc) is 2.98. The standard InChI is InChI=1S/C17H17BrS2/c1-2-3-4-5-14-10-16-17(19-14)11-15(20-16)12-6-8-13(18)9-7-12/h6-11H,2-5H2,1H3. The Hall–Kier alpha value is -0.640. The first kappa shape index (κ1) is 14.3. The van der Waals surface area contributed by atoms with Crippen molar-refractivity contribution in [3.05, 3.63) is 45.7 Å². The van der Waals surface area contributed by atoms with E-state index in [1.165, 1.54) is 45.5 Å². The molecule has 0 saturated heterocycles. The maximum atomic E-state index is 3.49. The number of aryl methyl sites for hydroxylation is 1. The van der Waals surface area contributed by atoms with Gasteiger partial charge in [-0.2, -0.15) is 0 Å². The van der Waals surface area contributed by atoms with Crippen LogP contribution in [0.15, 0.2) is 40.9 Å². The highest BCUT2D eigenvalue weighted by molar-refractivity contribution is 9.10. The zero-order valence-electron chi connectivity index (χ0n) is 11.5. The molecule has 104 valence electrons. The molecule has 0 aliphatic rings. The number of unbranched alkanes of at least 4 members (excludes halogenated alkanes) is 2. The largest absolute Gasteiger partial charge is 0.139 e. The Bertz CT molecular complexity index is 660. The number of fused-ring (bicyclic) bond motifs is 1. The minimum Gasteiger partial charge on any atom is -0.139 e. The van der Waals surface area contributed by atoms with Crippen LogP contribution in [0, 0.1) is 0 Å². The molecular weight excluding hydrogens is 348 g/mol. The fourth-order valence-corrected chi connectivity index (χ4v) is 5.05. The summed E-state index contributed by atoms with van der Waals surface area (Å²) in [6, 6.07) is 13.3. The highest BCUT2D eigenvalue weighted by Gasteiger charge is 2.08. The van der Waals surface area contributed by atoms with Crippen molar-refractivity contribution in [1.82, 2.24) is 0 Å². The van der Waals surface area contributed by atoms with E-state index < -0.39 is 0 Å². The first-order valence-corrected chi connectivity index (χ1v) is 9.47. The Labute approximate surface area is 136 Å². The molecule has 20 heavy (non-hydrogen) atoms. The Morgan fingerprint density at radius 3 is 2.40 bits per heavy atom. The number of rotatable bonds is 5. The molecule has 3 aromatic rings. The lowest BCUT2D eigenvalue weighted by molar-refractivity contribution is 0.723. The summed E-state index contributed by atoms with van der Waals surface area (Å²) in [5.41, 5.74) is 1.31. The van der Waals surface area contributed by atoms with Gasteiger partial charge in [-0.05, 0) is 42.7 Å². The van der Waals surface area contributed by atoms with Gasteiger partial charge >= 0.3 is 0 Å². The predicted molar refractivity (Wildman–Crippen MR) is 96.1 cm³/mol. The second kappa shape index (κ2) is 6.42. The van der Waals surface area contributed by atoms with Gasteiger partial charge in [0.2, 0.25) is 0 Å². The molecule has 1 aromatic carbocycles. The summed E-state index contributed by atoms with van der Waals surface area (Å²) in [7, 11) is 0. The van der Waals surface area contributed by atoms with Crippen molar-refractivity contribution in [2.24, 2.45) is 0 Å². The van der Waals surface area contributed by atoms with E-state index in [0.29, 0.717) is 0 Å². The van der Waals surface area contributed by atoms with Gasteiger partial charge in [0.15, 0.2) is 0 Å². The zero-order valence-corrected chi connectivity index (χ0v) is 14.7. The van der Waals surface area contributed by atoms with Crippen LogP contribution in [0.3, 0.4) is 0 Å². The normalized spacial score (nSPS) is 11.3. The lowest BCUT2D eigenvalue weighted by Crippen LogP contribution is -1.78. The predicted octanol–water partition coefficient (Wildman–Crippen LogP) is 7.13. The molecule has 3 rings (SSSR count). The summed E-state index contributed by atoms with van der Waals surface area (Å²) in [5.74, 6) is 0. The molecule has 0 amide bonds. The molecule has 0 fully saturated rings. The Balaban J connectivity index is 1.81. The minimum absolute atomic E-state index is 1.14. The summed E-state index contributed by atoms with van der Waals surface area (Å²) < 4.78 is 4.02. The molecular formula is C17H17BrS2. The van der Waals surface area contributed by atoms with Crippen molar-refractivity contribution in [3.8, 4) is 10.4 Å². The first-order chi connectivity index (χ1) is 9.76. The summed E-state index contributed by atoms with van der Waals surface area (Å²) in [6.45, 7) is 2.26. The maximum absolute atomic E-state index is 3.49. The van der Waals surface area contributed by atoms with Crippen molar-refractivity contribution in [1.29, 1.82) is 0 Å². The van der Waals surface area contributed by atoms with E-state index in [2.05, 4.69) is 59.3 Å². The summed E-state index contributed by atoms with van der Waals surface area (Å²) >= 11 is 7.37. The van der Waals surface area contributed by atoms with Crippen LogP contribution in [0.2, 0.25) is 0 Å². The quantitative estimate of drug-likeness (QED) is 0.422. The van der Waals surface area contributed by atoms with Crippen LogP contribution in [0.4, 0.5) is 0 Å². The SMILES string of the molecule is CCCCCc1cc2sc(-c3ccc(Br)cc3)cc2s1. The maximum Gasteiger partial charge on any atom is 0.0460 e. The third-order valence-corrected chi connectivity index (χ3v) is 6.34. The second-order valence-electron chi connectivity index (χ2n) is 5.02. The van der Waals surface area contributed by atoms with Gasteiger partial charge in [0.05, 0.1) is 0 Å². The molecule has 0 aliphatic heterocycles. The van der Waals surface area contributed by atoms with Gasteiger partial charge in [-0.1, -0.05) is 47.8 Å². The molecule has 0 aliphatic carbocycles. The fraction of sp³-hybridized carbons (Fsp3) is 0.294. The van der Waals surface area contributed by atoms with Gasteiger partial charge in [-0.25, -0.2) is 0 Å². The molecule has 0 atom stereocenters. The van der Waals surface area contributed by atoms with E-state index in [1.807, 2.05) is 22.7 Å². The van der Waals surface area contributed by atoms with Gasteiger partial charge in [-0.3, -0.25) is 0 Å². The number of benzene rings is 1. The number of hydrogen-bond donors (Lipinski definition) is 0. The number of halogens is 1. The smallest absolute Gasteiger partial charge is 0.0460 e. The van der Waals surface area contributed by atoms with Gasteiger partial charge in [0.25, 0.3) is 0 Å². The molecule has 0 nitrogen and oxygen atoms in total. The third-order valence-electron chi connectivity index (χ3n) is 3.41. The Morgan fingerprint density at radius 2 is 1.70 bits per heavy atom.